The maximum absolute atomic E-state index is 3.98. The number of allylic oxidation sites excluding steroid dienone is 7. The summed E-state index contributed by atoms with van der Waals surface area (Å²) in [6.45, 7) is 14.9. The molecule has 0 N–H and O–H groups in total. The largest absolute Gasteiger partial charge is 0.0918 e. The van der Waals surface area contributed by atoms with E-state index in [1.807, 2.05) is 13.8 Å². The van der Waals surface area contributed by atoms with Gasteiger partial charge >= 0.3 is 0 Å². The quantitative estimate of drug-likeness (QED) is 0.539. The Kier molecular flexibility index (Phi) is 3.96. The van der Waals surface area contributed by atoms with Gasteiger partial charge in [-0.25, -0.2) is 0 Å². The van der Waals surface area contributed by atoms with Gasteiger partial charge in [0.25, 0.3) is 0 Å². The van der Waals surface area contributed by atoms with Gasteiger partial charge in [-0.15, -0.1) is 0 Å². The molecule has 0 spiro atoms. The van der Waals surface area contributed by atoms with Gasteiger partial charge in [-0.1, -0.05) is 71.6 Å². The summed E-state index contributed by atoms with van der Waals surface area (Å²) in [6, 6.07) is 0. The van der Waals surface area contributed by atoms with Gasteiger partial charge in [-0.3, -0.25) is 0 Å². The van der Waals surface area contributed by atoms with Crippen LogP contribution in [0.3, 0.4) is 0 Å². The fraction of sp³-hybridized carbons (Fsp3) is 0.500. The molecule has 0 aromatic rings. The van der Waals surface area contributed by atoms with E-state index in [1.165, 1.54) is 5.57 Å². The van der Waals surface area contributed by atoms with E-state index in [-0.39, 0.29) is 5.41 Å². The van der Waals surface area contributed by atoms with Crippen LogP contribution < -0.4 is 0 Å². The van der Waals surface area contributed by atoms with Crippen molar-refractivity contribution in [2.75, 3.05) is 0 Å². The van der Waals surface area contributed by atoms with Gasteiger partial charge in [0.05, 0.1) is 0 Å². The zero-order chi connectivity index (χ0) is 12.3. The van der Waals surface area contributed by atoms with Crippen LogP contribution in [0, 0.1) is 17.3 Å². The van der Waals surface area contributed by atoms with Crippen molar-refractivity contribution in [3.63, 3.8) is 0 Å². The van der Waals surface area contributed by atoms with Gasteiger partial charge < -0.3 is 0 Å². The second kappa shape index (κ2) is 4.86. The molecule has 0 amide bonds. The first kappa shape index (κ1) is 13.0. The fourth-order valence-electron chi connectivity index (χ4n) is 2.39. The summed E-state index contributed by atoms with van der Waals surface area (Å²) in [5.74, 6) is 1.33. The van der Waals surface area contributed by atoms with Crippen LogP contribution in [0.2, 0.25) is 0 Å². The van der Waals surface area contributed by atoms with Crippen molar-refractivity contribution in [1.82, 2.24) is 0 Å². The molecule has 0 radical (unpaired) electrons. The molecule has 0 aliphatic heterocycles. The minimum absolute atomic E-state index is 0.218. The van der Waals surface area contributed by atoms with Crippen molar-refractivity contribution in [1.29, 1.82) is 0 Å². The highest BCUT2D eigenvalue weighted by Crippen LogP contribution is 2.47. The fourth-order valence-corrected chi connectivity index (χ4v) is 2.39. The zero-order valence-corrected chi connectivity index (χ0v) is 11.2. The molecule has 0 fully saturated rings. The van der Waals surface area contributed by atoms with Crippen LogP contribution >= 0.6 is 0 Å². The molecule has 0 heteroatoms. The second-order valence-corrected chi connectivity index (χ2v) is 4.80. The topological polar surface area (TPSA) is 0 Å². The molecule has 3 atom stereocenters. The van der Waals surface area contributed by atoms with E-state index in [4.69, 9.17) is 0 Å². The average Bonchev–Trinajstić information content (AvgIpc) is 2.30. The van der Waals surface area contributed by atoms with Gasteiger partial charge in [-0.2, -0.15) is 0 Å². The molecular weight excluding hydrogens is 192 g/mol. The number of hydrogen-bond donors (Lipinski definition) is 0. The number of fused-ring (bicyclic) bond motifs is 1. The minimum atomic E-state index is 0.218. The molecule has 0 heterocycles. The molecule has 3 unspecified atom stereocenters. The van der Waals surface area contributed by atoms with Crippen LogP contribution in [0.25, 0.3) is 0 Å². The highest BCUT2D eigenvalue weighted by atomic mass is 14.4. The SMILES string of the molecule is C=C1C=CC2(C)C(=C1)C=CC(C)C2C.CC. The van der Waals surface area contributed by atoms with E-state index in [0.29, 0.717) is 11.8 Å². The average molecular weight is 216 g/mol. The molecule has 2 aliphatic carbocycles. The summed E-state index contributed by atoms with van der Waals surface area (Å²) >= 11 is 0. The normalized spacial score (nSPS) is 36.1. The molecular formula is C16H24. The highest BCUT2D eigenvalue weighted by molar-refractivity contribution is 5.48. The Morgan fingerprint density at radius 3 is 2.44 bits per heavy atom. The van der Waals surface area contributed by atoms with E-state index < -0.39 is 0 Å². The van der Waals surface area contributed by atoms with Crippen molar-refractivity contribution in [2.24, 2.45) is 17.3 Å². The summed E-state index contributed by atoms with van der Waals surface area (Å²) in [5.41, 5.74) is 2.74. The van der Waals surface area contributed by atoms with E-state index in [1.54, 1.807) is 0 Å². The van der Waals surface area contributed by atoms with E-state index in [2.05, 4.69) is 57.7 Å². The monoisotopic (exact) mass is 216 g/mol. The van der Waals surface area contributed by atoms with Crippen LogP contribution in [0.5, 0.6) is 0 Å². The summed E-state index contributed by atoms with van der Waals surface area (Å²) in [4.78, 5) is 0. The smallest absolute Gasteiger partial charge is 0.0138 e. The predicted octanol–water partition coefficient (Wildman–Crippen LogP) is 4.91. The van der Waals surface area contributed by atoms with Crippen molar-refractivity contribution < 1.29 is 0 Å². The standard InChI is InChI=1S/C14H18.C2H6/c1-10-7-8-14(4)12(3)11(2)5-6-13(14)9-10;1-2/h5-9,11-12H,1H2,2-4H3;1-2H3. The molecule has 0 aromatic heterocycles. The van der Waals surface area contributed by atoms with Gasteiger partial charge in [0, 0.05) is 5.41 Å². The Labute approximate surface area is 100 Å². The first-order valence-electron chi connectivity index (χ1n) is 6.32. The Morgan fingerprint density at radius 2 is 1.81 bits per heavy atom. The third kappa shape index (κ3) is 2.07. The van der Waals surface area contributed by atoms with E-state index in [9.17, 15) is 0 Å². The molecule has 0 bridgehead atoms. The number of rotatable bonds is 0. The van der Waals surface area contributed by atoms with Crippen molar-refractivity contribution >= 4 is 0 Å². The lowest BCUT2D eigenvalue weighted by atomic mass is 9.62. The molecule has 0 aromatic carbocycles. The summed E-state index contributed by atoms with van der Waals surface area (Å²) in [5, 5.41) is 0. The van der Waals surface area contributed by atoms with Gasteiger partial charge in [0.1, 0.15) is 0 Å². The van der Waals surface area contributed by atoms with Gasteiger partial charge in [0.2, 0.25) is 0 Å². The molecule has 2 rings (SSSR count). The second-order valence-electron chi connectivity index (χ2n) is 4.80. The summed E-state index contributed by atoms with van der Waals surface area (Å²) < 4.78 is 0. The summed E-state index contributed by atoms with van der Waals surface area (Å²) in [7, 11) is 0. The van der Waals surface area contributed by atoms with Crippen molar-refractivity contribution in [2.45, 2.75) is 34.6 Å². The molecule has 88 valence electrons. The minimum Gasteiger partial charge on any atom is -0.0918 e. The van der Waals surface area contributed by atoms with Crippen LogP contribution in [0.15, 0.2) is 48.1 Å². The van der Waals surface area contributed by atoms with Gasteiger partial charge in [0.15, 0.2) is 0 Å². The third-order valence-corrected chi connectivity index (χ3v) is 3.92. The number of hydrogen-bond acceptors (Lipinski definition) is 0. The molecule has 2 aliphatic rings. The first-order chi connectivity index (χ1) is 7.54. The van der Waals surface area contributed by atoms with E-state index in [0.717, 1.165) is 5.57 Å². The lowest BCUT2D eigenvalue weighted by molar-refractivity contribution is 0.265. The van der Waals surface area contributed by atoms with E-state index >= 15 is 0 Å². The van der Waals surface area contributed by atoms with Crippen LogP contribution in [-0.4, -0.2) is 0 Å². The lowest BCUT2D eigenvalue weighted by Gasteiger charge is -2.42. The molecule has 16 heavy (non-hydrogen) atoms. The molecule has 0 saturated carbocycles. The first-order valence-corrected chi connectivity index (χ1v) is 6.32. The zero-order valence-electron chi connectivity index (χ0n) is 11.2. The Balaban J connectivity index is 0.000000606. The summed E-state index contributed by atoms with van der Waals surface area (Å²) in [6.07, 6.45) is 11.2. The maximum atomic E-state index is 3.98. The molecule has 0 nitrogen and oxygen atoms in total. The van der Waals surface area contributed by atoms with Crippen molar-refractivity contribution in [3.8, 4) is 0 Å². The highest BCUT2D eigenvalue weighted by Gasteiger charge is 2.37. The Bertz CT molecular complexity index is 354. The Hall–Kier alpha value is -1.04. The van der Waals surface area contributed by atoms with Crippen LogP contribution in [0.4, 0.5) is 0 Å². The third-order valence-electron chi connectivity index (χ3n) is 3.92. The lowest BCUT2D eigenvalue weighted by Crippen LogP contribution is -2.33. The maximum Gasteiger partial charge on any atom is 0.0138 e. The molecule has 0 saturated heterocycles. The van der Waals surface area contributed by atoms with Gasteiger partial charge in [-0.05, 0) is 23.0 Å². The van der Waals surface area contributed by atoms with Crippen LogP contribution in [-0.2, 0) is 0 Å². The van der Waals surface area contributed by atoms with Crippen LogP contribution in [0.1, 0.15) is 34.6 Å². The Morgan fingerprint density at radius 1 is 1.19 bits per heavy atom. The van der Waals surface area contributed by atoms with Crippen molar-refractivity contribution in [3.05, 3.63) is 48.1 Å². The predicted molar refractivity (Wildman–Crippen MR) is 73.3 cm³/mol.